The number of hydrogen-bond acceptors (Lipinski definition) is 8. The standard InChI is InChI=1S/C28H30N4O4.Na.H/c1-16-26(17(2)30-28(29-16)32-11-4-5-12-32)22-8-6-7-20-23(14-35-27(20)22)31-19-9-10-21-24(13-19)34-15-25(21)36-18(3)33;;/h6-10,13,23,25,31H,4-5,11-12,14-15H2,1-3H3;;/t23-,25-;;/m1../s1. The summed E-state index contributed by atoms with van der Waals surface area (Å²) >= 11 is 0. The Hall–Kier alpha value is -2.81. The van der Waals surface area contributed by atoms with E-state index in [4.69, 9.17) is 24.2 Å². The second-order valence-corrected chi connectivity index (χ2v) is 9.66. The van der Waals surface area contributed by atoms with Crippen LogP contribution >= 0.6 is 0 Å². The van der Waals surface area contributed by atoms with Crippen molar-refractivity contribution < 1.29 is 19.0 Å². The Kier molecular flexibility index (Phi) is 7.34. The van der Waals surface area contributed by atoms with Crippen molar-refractivity contribution in [2.24, 2.45) is 0 Å². The molecular formula is C28H31N4NaO4. The molecule has 2 atom stereocenters. The number of nitrogens with one attached hydrogen (secondary N) is 1. The van der Waals surface area contributed by atoms with E-state index in [1.54, 1.807) is 0 Å². The molecule has 9 heteroatoms. The van der Waals surface area contributed by atoms with Gasteiger partial charge in [-0.25, -0.2) is 9.97 Å². The van der Waals surface area contributed by atoms with E-state index in [9.17, 15) is 4.79 Å². The minimum atomic E-state index is -0.352. The van der Waals surface area contributed by atoms with Crippen molar-refractivity contribution in [3.8, 4) is 22.6 Å². The molecule has 0 spiro atoms. The van der Waals surface area contributed by atoms with E-state index in [1.807, 2.05) is 18.2 Å². The Morgan fingerprint density at radius 3 is 2.51 bits per heavy atom. The second kappa shape index (κ2) is 10.5. The number of fused-ring (bicyclic) bond motifs is 2. The maximum absolute atomic E-state index is 11.4. The molecule has 1 N–H and O–H groups in total. The summed E-state index contributed by atoms with van der Waals surface area (Å²) < 4.78 is 17.4. The van der Waals surface area contributed by atoms with E-state index in [2.05, 4.69) is 42.3 Å². The molecule has 0 radical (unpaired) electrons. The van der Waals surface area contributed by atoms with Crippen LogP contribution in [0.2, 0.25) is 0 Å². The Bertz CT molecular complexity index is 1320. The van der Waals surface area contributed by atoms with Gasteiger partial charge in [0.05, 0.1) is 17.4 Å². The Balaban J connectivity index is 0.00000280. The van der Waals surface area contributed by atoms with Crippen LogP contribution in [0.15, 0.2) is 36.4 Å². The molecular weight excluding hydrogens is 479 g/mol. The zero-order valence-corrected chi connectivity index (χ0v) is 20.8. The van der Waals surface area contributed by atoms with Gasteiger partial charge in [-0.05, 0) is 38.8 Å². The summed E-state index contributed by atoms with van der Waals surface area (Å²) in [4.78, 5) is 23.3. The van der Waals surface area contributed by atoms with Crippen LogP contribution < -0.4 is 19.7 Å². The number of hydrogen-bond donors (Lipinski definition) is 1. The average Bonchev–Trinajstić information content (AvgIpc) is 3.60. The van der Waals surface area contributed by atoms with Crippen molar-refractivity contribution in [1.82, 2.24) is 9.97 Å². The molecule has 0 bridgehead atoms. The molecule has 0 saturated carbocycles. The van der Waals surface area contributed by atoms with Crippen LogP contribution in [0.25, 0.3) is 11.1 Å². The quantitative estimate of drug-likeness (QED) is 0.403. The van der Waals surface area contributed by atoms with Crippen molar-refractivity contribution >= 4 is 47.2 Å². The van der Waals surface area contributed by atoms with Gasteiger partial charge < -0.3 is 24.4 Å². The first-order valence-corrected chi connectivity index (χ1v) is 12.5. The average molecular weight is 511 g/mol. The fraction of sp³-hybridized carbons (Fsp3) is 0.393. The molecule has 0 amide bonds. The van der Waals surface area contributed by atoms with Crippen LogP contribution in [0.4, 0.5) is 11.6 Å². The molecule has 1 fully saturated rings. The van der Waals surface area contributed by atoms with Gasteiger partial charge in [-0.1, -0.05) is 18.2 Å². The third-order valence-corrected chi connectivity index (χ3v) is 7.13. The third kappa shape index (κ3) is 4.90. The van der Waals surface area contributed by atoms with Crippen LogP contribution in [0.1, 0.15) is 54.4 Å². The molecule has 0 aliphatic carbocycles. The number of nitrogens with zero attached hydrogens (tertiary/aromatic N) is 3. The molecule has 2 aromatic carbocycles. The van der Waals surface area contributed by atoms with E-state index in [0.29, 0.717) is 13.2 Å². The summed E-state index contributed by atoms with van der Waals surface area (Å²) in [5.74, 6) is 2.14. The molecule has 3 aliphatic heterocycles. The van der Waals surface area contributed by atoms with Gasteiger partial charge in [-0.15, -0.1) is 0 Å². The minimum absolute atomic E-state index is 0. The van der Waals surface area contributed by atoms with E-state index in [-0.39, 0.29) is 47.7 Å². The fourth-order valence-electron chi connectivity index (χ4n) is 5.48. The molecule has 188 valence electrons. The summed E-state index contributed by atoms with van der Waals surface area (Å²) in [6.45, 7) is 8.43. The van der Waals surface area contributed by atoms with Crippen LogP contribution in [-0.4, -0.2) is 71.8 Å². The topological polar surface area (TPSA) is 85.8 Å². The van der Waals surface area contributed by atoms with Crippen molar-refractivity contribution in [2.45, 2.75) is 45.8 Å². The van der Waals surface area contributed by atoms with E-state index >= 15 is 0 Å². The van der Waals surface area contributed by atoms with Crippen molar-refractivity contribution in [3.63, 3.8) is 0 Å². The summed E-state index contributed by atoms with van der Waals surface area (Å²) in [7, 11) is 0. The summed E-state index contributed by atoms with van der Waals surface area (Å²) in [6, 6.07) is 12.2. The number of anilines is 2. The molecule has 1 aromatic heterocycles. The number of carbonyl (C=O) groups is 1. The molecule has 3 aliphatic rings. The molecule has 0 unspecified atom stereocenters. The SMILES string of the molecule is CC(=O)O[C@@H]1COc2cc(N[C@@H]3COc4c(-c5c(C)nc(N6CCCC6)nc5C)cccc43)ccc21.[NaH]. The molecule has 1 saturated heterocycles. The van der Waals surface area contributed by atoms with E-state index in [0.717, 1.165) is 69.9 Å². The van der Waals surface area contributed by atoms with Crippen LogP contribution in [0.5, 0.6) is 11.5 Å². The van der Waals surface area contributed by atoms with Gasteiger partial charge in [0, 0.05) is 54.0 Å². The Labute approximate surface area is 239 Å². The van der Waals surface area contributed by atoms with Gasteiger partial charge in [0.1, 0.15) is 24.7 Å². The number of aromatic nitrogens is 2. The molecule has 4 heterocycles. The van der Waals surface area contributed by atoms with Crippen molar-refractivity contribution in [2.75, 3.05) is 36.5 Å². The van der Waals surface area contributed by atoms with E-state index in [1.165, 1.54) is 19.8 Å². The number of carbonyl (C=O) groups excluding carboxylic acids is 1. The number of benzene rings is 2. The number of ether oxygens (including phenoxy) is 3. The van der Waals surface area contributed by atoms with Gasteiger partial charge in [-0.2, -0.15) is 0 Å². The van der Waals surface area contributed by atoms with Gasteiger partial charge >= 0.3 is 35.5 Å². The first-order chi connectivity index (χ1) is 17.5. The molecule has 3 aromatic rings. The fourth-order valence-corrected chi connectivity index (χ4v) is 5.48. The van der Waals surface area contributed by atoms with Gasteiger partial charge in [-0.3, -0.25) is 4.79 Å². The zero-order chi connectivity index (χ0) is 24.8. The van der Waals surface area contributed by atoms with E-state index < -0.39 is 0 Å². The monoisotopic (exact) mass is 510 g/mol. The maximum atomic E-state index is 11.4. The summed E-state index contributed by atoms with van der Waals surface area (Å²) in [5, 5.41) is 3.59. The number of rotatable bonds is 5. The normalized spacial score (nSPS) is 19.4. The second-order valence-electron chi connectivity index (χ2n) is 9.66. The number of aryl methyl sites for hydroxylation is 2. The number of para-hydroxylation sites is 1. The first kappa shape index (κ1) is 25.8. The number of esters is 1. The van der Waals surface area contributed by atoms with Crippen molar-refractivity contribution in [1.29, 1.82) is 0 Å². The van der Waals surface area contributed by atoms with Crippen LogP contribution in [-0.2, 0) is 9.53 Å². The first-order valence-electron chi connectivity index (χ1n) is 12.5. The molecule has 8 nitrogen and oxygen atoms in total. The summed E-state index contributed by atoms with van der Waals surface area (Å²) in [6.07, 6.45) is 2.04. The van der Waals surface area contributed by atoms with Gasteiger partial charge in [0.25, 0.3) is 0 Å². The predicted octanol–water partition coefficient (Wildman–Crippen LogP) is 4.25. The zero-order valence-electron chi connectivity index (χ0n) is 20.8. The van der Waals surface area contributed by atoms with Crippen molar-refractivity contribution in [3.05, 3.63) is 58.9 Å². The van der Waals surface area contributed by atoms with Crippen LogP contribution in [0, 0.1) is 13.8 Å². The third-order valence-electron chi connectivity index (χ3n) is 7.13. The van der Waals surface area contributed by atoms with Gasteiger partial charge in [0.15, 0.2) is 6.10 Å². The molecule has 37 heavy (non-hydrogen) atoms. The predicted molar refractivity (Wildman–Crippen MR) is 144 cm³/mol. The molecule has 6 rings (SSSR count). The van der Waals surface area contributed by atoms with Gasteiger partial charge in [0.2, 0.25) is 5.95 Å². The summed E-state index contributed by atoms with van der Waals surface area (Å²) in [5.41, 5.74) is 6.93. The van der Waals surface area contributed by atoms with Crippen LogP contribution in [0.3, 0.4) is 0 Å². The Morgan fingerprint density at radius 2 is 1.78 bits per heavy atom. The Morgan fingerprint density at radius 1 is 1.03 bits per heavy atom.